The van der Waals surface area contributed by atoms with Gasteiger partial charge in [-0.25, -0.2) is 4.39 Å². The number of carbonyl (C=O) groups is 1. The first kappa shape index (κ1) is 25.9. The minimum Gasteiger partial charge on any atom is -0.368 e. The molecule has 0 aromatic heterocycles. The number of alkyl halides is 11. The minimum absolute atomic E-state index is 0.0185. The standard InChI is InChI=1S/C16H12F12N2O2/c17-9-1-3-10(4-2-9)29-5-7-30(8-6-29)11(31)12(18,14(21,22)23)32-16(27,28)13(19,20)15(24,25)26/h1-4H,5-8H2. The molecule has 1 atom stereocenters. The van der Waals surface area contributed by atoms with Gasteiger partial charge >= 0.3 is 30.2 Å². The molecule has 1 saturated heterocycles. The fourth-order valence-corrected chi connectivity index (χ4v) is 2.65. The van der Waals surface area contributed by atoms with Crippen molar-refractivity contribution in [1.82, 2.24) is 4.90 Å². The Morgan fingerprint density at radius 2 is 1.22 bits per heavy atom. The number of nitrogens with zero attached hydrogens (tertiary/aromatic N) is 2. The predicted octanol–water partition coefficient (Wildman–Crippen LogP) is 4.51. The zero-order valence-electron chi connectivity index (χ0n) is 15.4. The first-order valence-electron chi connectivity index (χ1n) is 8.41. The summed E-state index contributed by atoms with van der Waals surface area (Å²) in [7, 11) is 0. The molecule has 1 aliphatic heterocycles. The van der Waals surface area contributed by atoms with Crippen molar-refractivity contribution in [3.63, 3.8) is 0 Å². The third kappa shape index (κ3) is 4.68. The lowest BCUT2D eigenvalue weighted by atomic mass is 10.2. The maximum Gasteiger partial charge on any atom is 0.462 e. The lowest BCUT2D eigenvalue weighted by Gasteiger charge is -2.40. The first-order valence-corrected chi connectivity index (χ1v) is 8.41. The van der Waals surface area contributed by atoms with Gasteiger partial charge in [0.05, 0.1) is 0 Å². The molecule has 4 nitrogen and oxygen atoms in total. The molecule has 16 heteroatoms. The van der Waals surface area contributed by atoms with Crippen LogP contribution in [0.2, 0.25) is 0 Å². The van der Waals surface area contributed by atoms with Crippen molar-refractivity contribution < 1.29 is 62.2 Å². The second-order valence-corrected chi connectivity index (χ2v) is 6.54. The first-order chi connectivity index (χ1) is 14.3. The topological polar surface area (TPSA) is 32.8 Å². The average Bonchev–Trinajstić information content (AvgIpc) is 2.66. The number of amides is 1. The SMILES string of the molecule is O=C(N1CCN(c2ccc(F)cc2)CC1)C(F)(OC(F)(F)C(F)(F)C(F)(F)F)C(F)(F)F. The number of rotatable bonds is 5. The molecule has 1 fully saturated rings. The van der Waals surface area contributed by atoms with E-state index in [0.717, 1.165) is 12.1 Å². The Balaban J connectivity index is 2.24. The van der Waals surface area contributed by atoms with E-state index < -0.39 is 55.1 Å². The van der Waals surface area contributed by atoms with E-state index in [-0.39, 0.29) is 18.0 Å². The molecule has 32 heavy (non-hydrogen) atoms. The van der Waals surface area contributed by atoms with Crippen molar-refractivity contribution in [1.29, 1.82) is 0 Å². The number of benzene rings is 1. The van der Waals surface area contributed by atoms with Gasteiger partial charge in [-0.1, -0.05) is 0 Å². The Bertz CT molecular complexity index is 816. The number of halogens is 12. The normalized spacial score (nSPS) is 18.5. The quantitative estimate of drug-likeness (QED) is 0.568. The molecule has 0 spiro atoms. The van der Waals surface area contributed by atoms with Gasteiger partial charge in [0.1, 0.15) is 5.82 Å². The number of ether oxygens (including phenoxy) is 1. The lowest BCUT2D eigenvalue weighted by Crippen LogP contribution is -2.65. The second-order valence-electron chi connectivity index (χ2n) is 6.54. The van der Waals surface area contributed by atoms with Gasteiger partial charge in [0.25, 0.3) is 5.91 Å². The molecule has 0 radical (unpaired) electrons. The van der Waals surface area contributed by atoms with Crippen molar-refractivity contribution in [2.24, 2.45) is 0 Å². The summed E-state index contributed by atoms with van der Waals surface area (Å²) in [5, 5.41) is 0. The number of hydrogen-bond donors (Lipinski definition) is 0. The Hall–Kier alpha value is -2.39. The highest BCUT2D eigenvalue weighted by molar-refractivity contribution is 5.85. The fourth-order valence-electron chi connectivity index (χ4n) is 2.65. The van der Waals surface area contributed by atoms with Gasteiger partial charge in [0.2, 0.25) is 0 Å². The van der Waals surface area contributed by atoms with E-state index in [1.807, 2.05) is 0 Å². The monoisotopic (exact) mass is 492 g/mol. The highest BCUT2D eigenvalue weighted by Gasteiger charge is 2.80. The van der Waals surface area contributed by atoms with Crippen LogP contribution in [0.1, 0.15) is 0 Å². The summed E-state index contributed by atoms with van der Waals surface area (Å²) in [6.45, 7) is -2.22. The molecule has 1 unspecified atom stereocenters. The Kier molecular flexibility index (Phi) is 6.62. The van der Waals surface area contributed by atoms with Crippen molar-refractivity contribution in [2.75, 3.05) is 31.1 Å². The molecule has 2 rings (SSSR count). The molecular weight excluding hydrogens is 480 g/mol. The number of piperazine rings is 1. The maximum absolute atomic E-state index is 14.4. The van der Waals surface area contributed by atoms with Gasteiger partial charge < -0.3 is 9.80 Å². The molecular formula is C16H12F12N2O2. The fraction of sp³-hybridized carbons (Fsp3) is 0.562. The predicted molar refractivity (Wildman–Crippen MR) is 82.1 cm³/mol. The van der Waals surface area contributed by atoms with Crippen LogP contribution in [0.15, 0.2) is 24.3 Å². The summed E-state index contributed by atoms with van der Waals surface area (Å²) < 4.78 is 158. The zero-order chi connectivity index (χ0) is 24.8. The van der Waals surface area contributed by atoms with E-state index in [9.17, 15) is 57.5 Å². The Labute approximate surface area is 171 Å². The van der Waals surface area contributed by atoms with Crippen LogP contribution in [-0.2, 0) is 9.53 Å². The smallest absolute Gasteiger partial charge is 0.368 e. The van der Waals surface area contributed by atoms with E-state index in [2.05, 4.69) is 4.74 Å². The van der Waals surface area contributed by atoms with Crippen LogP contribution >= 0.6 is 0 Å². The van der Waals surface area contributed by atoms with E-state index in [1.165, 1.54) is 17.0 Å². The van der Waals surface area contributed by atoms with Gasteiger partial charge in [-0.15, -0.1) is 0 Å². The van der Waals surface area contributed by atoms with Crippen LogP contribution in [0.3, 0.4) is 0 Å². The molecule has 1 aromatic rings. The minimum atomic E-state index is -7.25. The molecule has 0 aliphatic carbocycles. The third-order valence-corrected chi connectivity index (χ3v) is 4.39. The summed E-state index contributed by atoms with van der Waals surface area (Å²) in [5.41, 5.74) is 0.327. The van der Waals surface area contributed by atoms with E-state index in [4.69, 9.17) is 0 Å². The van der Waals surface area contributed by atoms with Crippen LogP contribution in [0.4, 0.5) is 58.4 Å². The molecule has 1 aromatic carbocycles. The molecule has 0 bridgehead atoms. The summed E-state index contributed by atoms with van der Waals surface area (Å²) in [6.07, 6.45) is -20.9. The van der Waals surface area contributed by atoms with Crippen molar-refractivity contribution in [3.8, 4) is 0 Å². The van der Waals surface area contributed by atoms with E-state index in [0.29, 0.717) is 5.69 Å². The lowest BCUT2D eigenvalue weighted by molar-refractivity contribution is -0.473. The number of hydrogen-bond acceptors (Lipinski definition) is 3. The zero-order valence-corrected chi connectivity index (χ0v) is 15.4. The highest BCUT2D eigenvalue weighted by Crippen LogP contribution is 2.51. The van der Waals surface area contributed by atoms with Crippen molar-refractivity contribution in [3.05, 3.63) is 30.1 Å². The summed E-state index contributed by atoms with van der Waals surface area (Å²) in [5.74, 6) is -17.0. The van der Waals surface area contributed by atoms with E-state index in [1.54, 1.807) is 0 Å². The summed E-state index contributed by atoms with van der Waals surface area (Å²) in [4.78, 5) is 13.3. The molecule has 0 saturated carbocycles. The Morgan fingerprint density at radius 1 is 0.750 bits per heavy atom. The van der Waals surface area contributed by atoms with Gasteiger partial charge in [-0.05, 0) is 24.3 Å². The van der Waals surface area contributed by atoms with Crippen LogP contribution in [0.5, 0.6) is 0 Å². The molecule has 1 amide bonds. The molecule has 1 aliphatic rings. The van der Waals surface area contributed by atoms with Crippen LogP contribution in [0, 0.1) is 5.82 Å². The number of carbonyl (C=O) groups excluding carboxylic acids is 1. The summed E-state index contributed by atoms with van der Waals surface area (Å²) in [6, 6.07) is 4.56. The van der Waals surface area contributed by atoms with Crippen LogP contribution in [0.25, 0.3) is 0 Å². The average molecular weight is 492 g/mol. The third-order valence-electron chi connectivity index (χ3n) is 4.39. The summed E-state index contributed by atoms with van der Waals surface area (Å²) >= 11 is 0. The molecule has 0 N–H and O–H groups in total. The largest absolute Gasteiger partial charge is 0.462 e. The molecule has 1 heterocycles. The van der Waals surface area contributed by atoms with Crippen LogP contribution in [-0.4, -0.2) is 67.2 Å². The molecule has 182 valence electrons. The maximum atomic E-state index is 14.4. The van der Waals surface area contributed by atoms with Gasteiger partial charge in [-0.3, -0.25) is 9.53 Å². The van der Waals surface area contributed by atoms with Crippen molar-refractivity contribution in [2.45, 2.75) is 30.2 Å². The van der Waals surface area contributed by atoms with Gasteiger partial charge in [0.15, 0.2) is 0 Å². The van der Waals surface area contributed by atoms with Crippen LogP contribution < -0.4 is 4.90 Å². The highest BCUT2D eigenvalue weighted by atomic mass is 19.4. The second kappa shape index (κ2) is 8.19. The Morgan fingerprint density at radius 3 is 1.62 bits per heavy atom. The van der Waals surface area contributed by atoms with Crippen molar-refractivity contribution >= 4 is 11.6 Å². The van der Waals surface area contributed by atoms with Gasteiger partial charge in [-0.2, -0.15) is 48.3 Å². The van der Waals surface area contributed by atoms with E-state index >= 15 is 0 Å². The van der Waals surface area contributed by atoms with Gasteiger partial charge in [0, 0.05) is 31.9 Å². The number of anilines is 1.